The van der Waals surface area contributed by atoms with Gasteiger partial charge in [-0.1, -0.05) is 36.4 Å². The average Bonchev–Trinajstić information content (AvgIpc) is 3.45. The molecular weight excluding hydrogens is 516 g/mol. The van der Waals surface area contributed by atoms with Crippen LogP contribution in [0.15, 0.2) is 89.6 Å². The lowest BCUT2D eigenvalue weighted by atomic mass is 9.96. The number of rotatable bonds is 9. The maximum atomic E-state index is 13.1. The fraction of sp³-hybridized carbons (Fsp3) is 0.103. The zero-order chi connectivity index (χ0) is 27.8. The fourth-order valence-electron chi connectivity index (χ4n) is 3.90. The first-order chi connectivity index (χ1) is 18.8. The number of hydrogen-bond acceptors (Lipinski definition) is 5. The number of hydrogen-bond donors (Lipinski definition) is 5. The van der Waals surface area contributed by atoms with Gasteiger partial charge in [0.1, 0.15) is 0 Å². The number of carbonyl (C=O) groups is 4. The summed E-state index contributed by atoms with van der Waals surface area (Å²) in [5, 5.41) is 23.7. The zero-order valence-corrected chi connectivity index (χ0v) is 21.7. The summed E-state index contributed by atoms with van der Waals surface area (Å²) in [5.41, 5.74) is 3.86. The maximum Gasteiger partial charge on any atom is 0.409 e. The van der Waals surface area contributed by atoms with E-state index in [0.29, 0.717) is 22.5 Å². The van der Waals surface area contributed by atoms with Gasteiger partial charge in [-0.15, -0.1) is 0 Å². The summed E-state index contributed by atoms with van der Waals surface area (Å²) in [7, 11) is 0. The van der Waals surface area contributed by atoms with E-state index in [1.807, 2.05) is 22.9 Å². The van der Waals surface area contributed by atoms with Crippen molar-refractivity contribution in [1.82, 2.24) is 5.32 Å². The minimum Gasteiger partial charge on any atom is -0.465 e. The van der Waals surface area contributed by atoms with Crippen LogP contribution in [0.2, 0.25) is 0 Å². The molecule has 0 saturated heterocycles. The van der Waals surface area contributed by atoms with E-state index < -0.39 is 17.9 Å². The molecular formula is C29H26N4O5S. The Balaban J connectivity index is 1.54. The molecule has 1 aromatic heterocycles. The van der Waals surface area contributed by atoms with E-state index in [-0.39, 0.29) is 24.0 Å². The van der Waals surface area contributed by atoms with Crippen LogP contribution in [-0.2, 0) is 9.59 Å². The highest BCUT2D eigenvalue weighted by Crippen LogP contribution is 2.31. The molecule has 0 spiro atoms. The van der Waals surface area contributed by atoms with Crippen molar-refractivity contribution in [3.8, 4) is 11.1 Å². The third-order valence-electron chi connectivity index (χ3n) is 5.85. The van der Waals surface area contributed by atoms with Crippen LogP contribution in [0, 0.1) is 0 Å². The van der Waals surface area contributed by atoms with E-state index in [1.54, 1.807) is 66.7 Å². The predicted molar refractivity (Wildman–Crippen MR) is 152 cm³/mol. The van der Waals surface area contributed by atoms with Crippen LogP contribution in [0.4, 0.5) is 21.9 Å². The molecule has 0 aliphatic heterocycles. The van der Waals surface area contributed by atoms with Gasteiger partial charge in [-0.2, -0.15) is 11.3 Å². The second-order valence-corrected chi connectivity index (χ2v) is 9.40. The lowest BCUT2D eigenvalue weighted by Gasteiger charge is -2.18. The smallest absolute Gasteiger partial charge is 0.409 e. The molecule has 3 aromatic carbocycles. The summed E-state index contributed by atoms with van der Waals surface area (Å²) in [6.07, 6.45) is -1.25. The third kappa shape index (κ3) is 7.30. The highest BCUT2D eigenvalue weighted by molar-refractivity contribution is 7.08. The molecule has 1 unspecified atom stereocenters. The molecule has 0 aliphatic carbocycles. The quantitative estimate of drug-likeness (QED) is 0.187. The molecule has 1 heterocycles. The monoisotopic (exact) mass is 542 g/mol. The molecule has 4 rings (SSSR count). The Morgan fingerprint density at radius 2 is 1.56 bits per heavy atom. The van der Waals surface area contributed by atoms with Crippen molar-refractivity contribution in [3.63, 3.8) is 0 Å². The van der Waals surface area contributed by atoms with Crippen molar-refractivity contribution in [3.05, 3.63) is 101 Å². The van der Waals surface area contributed by atoms with Gasteiger partial charge in [0.25, 0.3) is 5.91 Å². The molecule has 39 heavy (non-hydrogen) atoms. The van der Waals surface area contributed by atoms with Crippen molar-refractivity contribution < 1.29 is 24.3 Å². The number of anilines is 3. The molecule has 5 N–H and O–H groups in total. The first-order valence-corrected chi connectivity index (χ1v) is 12.9. The molecule has 0 saturated carbocycles. The first-order valence-electron chi connectivity index (χ1n) is 12.0. The van der Waals surface area contributed by atoms with E-state index >= 15 is 0 Å². The third-order valence-corrected chi connectivity index (χ3v) is 6.54. The lowest BCUT2D eigenvalue weighted by Crippen LogP contribution is -2.33. The number of para-hydroxylation sites is 1. The largest absolute Gasteiger partial charge is 0.465 e. The molecule has 0 radical (unpaired) electrons. The van der Waals surface area contributed by atoms with Gasteiger partial charge in [0.2, 0.25) is 11.8 Å². The van der Waals surface area contributed by atoms with Gasteiger partial charge in [0, 0.05) is 24.7 Å². The minimum absolute atomic E-state index is 0.0825. The van der Waals surface area contributed by atoms with Gasteiger partial charge in [0.15, 0.2) is 0 Å². The number of amides is 4. The lowest BCUT2D eigenvalue weighted by molar-refractivity contribution is -0.119. The summed E-state index contributed by atoms with van der Waals surface area (Å²) < 4.78 is 0. The van der Waals surface area contributed by atoms with Gasteiger partial charge < -0.3 is 21.1 Å². The minimum atomic E-state index is -1.25. The Kier molecular flexibility index (Phi) is 8.70. The number of carboxylic acid groups (broad SMARTS) is 1. The number of nitrogens with one attached hydrogen (secondary N) is 4. The van der Waals surface area contributed by atoms with Gasteiger partial charge in [-0.3, -0.25) is 19.7 Å². The van der Waals surface area contributed by atoms with E-state index in [1.165, 1.54) is 18.3 Å². The Morgan fingerprint density at radius 1 is 0.821 bits per heavy atom. The fourth-order valence-corrected chi connectivity index (χ4v) is 4.57. The molecule has 4 aromatic rings. The topological polar surface area (TPSA) is 137 Å². The molecule has 10 heteroatoms. The predicted octanol–water partition coefficient (Wildman–Crippen LogP) is 5.62. The second kappa shape index (κ2) is 12.5. The van der Waals surface area contributed by atoms with E-state index in [2.05, 4.69) is 21.3 Å². The van der Waals surface area contributed by atoms with Crippen LogP contribution in [0.25, 0.3) is 11.1 Å². The average molecular weight is 543 g/mol. The maximum absolute atomic E-state index is 13.1. The molecule has 4 amide bonds. The Morgan fingerprint density at radius 3 is 2.21 bits per heavy atom. The van der Waals surface area contributed by atoms with E-state index in [4.69, 9.17) is 0 Å². The normalized spacial score (nSPS) is 11.2. The van der Waals surface area contributed by atoms with Crippen LogP contribution < -0.4 is 21.3 Å². The zero-order valence-electron chi connectivity index (χ0n) is 20.9. The van der Waals surface area contributed by atoms with Crippen molar-refractivity contribution in [1.29, 1.82) is 0 Å². The standard InChI is InChI=1S/C29H26N4O5S/c1-18(34)30-16-24(28(36)31-23-5-3-2-4-6-23)19-7-9-20(10-8-19)27(35)32-26-15-21(22-13-14-39-17-22)11-12-25(26)33-29(37)38/h2-15,17,24,33H,16H2,1H3,(H,30,34)(H,31,36)(H,32,35)(H,37,38). The highest BCUT2D eigenvalue weighted by atomic mass is 32.1. The summed E-state index contributed by atoms with van der Waals surface area (Å²) in [4.78, 5) is 49.0. The van der Waals surface area contributed by atoms with Gasteiger partial charge in [-0.25, -0.2) is 4.79 Å². The number of benzene rings is 3. The molecule has 198 valence electrons. The Labute approximate surface area is 228 Å². The Hall–Kier alpha value is -4.96. The molecule has 0 bridgehead atoms. The van der Waals surface area contributed by atoms with E-state index in [9.17, 15) is 24.3 Å². The van der Waals surface area contributed by atoms with Crippen LogP contribution in [-0.4, -0.2) is 35.5 Å². The summed E-state index contributed by atoms with van der Waals surface area (Å²) >= 11 is 1.53. The van der Waals surface area contributed by atoms with E-state index in [0.717, 1.165) is 11.1 Å². The van der Waals surface area contributed by atoms with Gasteiger partial charge in [0.05, 0.1) is 17.3 Å². The van der Waals surface area contributed by atoms with Crippen LogP contribution >= 0.6 is 11.3 Å². The van der Waals surface area contributed by atoms with Crippen LogP contribution in [0.1, 0.15) is 28.8 Å². The molecule has 0 fully saturated rings. The Bertz CT molecular complexity index is 1470. The van der Waals surface area contributed by atoms with Crippen LogP contribution in [0.3, 0.4) is 0 Å². The van der Waals surface area contributed by atoms with Crippen molar-refractivity contribution in [2.45, 2.75) is 12.8 Å². The molecule has 0 aliphatic rings. The van der Waals surface area contributed by atoms with Crippen molar-refractivity contribution >= 4 is 52.2 Å². The molecule has 1 atom stereocenters. The first kappa shape index (κ1) is 27.1. The molecule has 9 nitrogen and oxygen atoms in total. The summed E-state index contributed by atoms with van der Waals surface area (Å²) in [6.45, 7) is 1.46. The van der Waals surface area contributed by atoms with Crippen LogP contribution in [0.5, 0.6) is 0 Å². The summed E-state index contributed by atoms with van der Waals surface area (Å²) in [5.74, 6) is -1.72. The summed E-state index contributed by atoms with van der Waals surface area (Å²) in [6, 6.07) is 22.5. The number of carbonyl (C=O) groups excluding carboxylic acids is 3. The van der Waals surface area contributed by atoms with Gasteiger partial charge in [-0.05, 0) is 69.9 Å². The van der Waals surface area contributed by atoms with Gasteiger partial charge >= 0.3 is 6.09 Å². The number of thiophene rings is 1. The second-order valence-electron chi connectivity index (χ2n) is 8.62. The SMILES string of the molecule is CC(=O)NCC(C(=O)Nc1ccccc1)c1ccc(C(=O)Nc2cc(-c3ccsc3)ccc2NC(=O)O)cc1. The highest BCUT2D eigenvalue weighted by Gasteiger charge is 2.22. The van der Waals surface area contributed by atoms with Crippen molar-refractivity contribution in [2.24, 2.45) is 0 Å². The van der Waals surface area contributed by atoms with Crippen molar-refractivity contribution in [2.75, 3.05) is 22.5 Å².